The minimum absolute atomic E-state index is 0.417. The number of piperazine rings is 1. The molecule has 6 nitrogen and oxygen atoms in total. The van der Waals surface area contributed by atoms with E-state index in [1.807, 2.05) is 24.3 Å². The molecule has 128 valence electrons. The lowest BCUT2D eigenvalue weighted by atomic mass is 10.2. The first-order valence-corrected chi connectivity index (χ1v) is 10.3. The highest BCUT2D eigenvalue weighted by molar-refractivity contribution is 7.63. The van der Waals surface area contributed by atoms with Gasteiger partial charge in [-0.3, -0.25) is 9.69 Å². The van der Waals surface area contributed by atoms with E-state index in [1.165, 1.54) is 13.3 Å². The summed E-state index contributed by atoms with van der Waals surface area (Å²) in [6, 6.07) is 7.93. The van der Waals surface area contributed by atoms with Gasteiger partial charge in [0.25, 0.3) is 5.91 Å². The predicted octanol–water partition coefficient (Wildman–Crippen LogP) is 1.28. The normalized spacial score (nSPS) is 17.8. The molecule has 1 aliphatic heterocycles. The van der Waals surface area contributed by atoms with E-state index in [0.29, 0.717) is 13.1 Å². The van der Waals surface area contributed by atoms with Crippen LogP contribution >= 0.6 is 7.14 Å². The van der Waals surface area contributed by atoms with E-state index in [1.54, 1.807) is 12.0 Å². The molecule has 1 aliphatic rings. The van der Waals surface area contributed by atoms with Gasteiger partial charge in [-0.1, -0.05) is 12.1 Å². The Kier molecular flexibility index (Phi) is 5.84. The van der Waals surface area contributed by atoms with E-state index < -0.39 is 18.9 Å². The van der Waals surface area contributed by atoms with E-state index in [0.717, 1.165) is 30.9 Å². The van der Waals surface area contributed by atoms with Crippen molar-refractivity contribution in [3.63, 3.8) is 0 Å². The van der Waals surface area contributed by atoms with Crippen molar-refractivity contribution in [2.24, 2.45) is 0 Å². The van der Waals surface area contributed by atoms with Gasteiger partial charge in [-0.05, 0) is 31.0 Å². The number of amides is 1. The Bertz CT molecular complexity index is 593. The molecular weight excluding hydrogens is 315 g/mol. The first kappa shape index (κ1) is 18.0. The lowest BCUT2D eigenvalue weighted by molar-refractivity contribution is -0.138. The molecule has 1 saturated heterocycles. The van der Waals surface area contributed by atoms with Gasteiger partial charge < -0.3 is 19.3 Å². The van der Waals surface area contributed by atoms with Gasteiger partial charge in [-0.15, -0.1) is 0 Å². The Morgan fingerprint density at radius 2 is 1.96 bits per heavy atom. The van der Waals surface area contributed by atoms with Crippen molar-refractivity contribution in [2.45, 2.75) is 12.4 Å². The van der Waals surface area contributed by atoms with Gasteiger partial charge in [0, 0.05) is 32.7 Å². The second kappa shape index (κ2) is 7.47. The average Bonchev–Trinajstić information content (AvgIpc) is 2.53. The van der Waals surface area contributed by atoms with Crippen molar-refractivity contribution in [1.29, 1.82) is 0 Å². The van der Waals surface area contributed by atoms with Gasteiger partial charge in [-0.25, -0.2) is 0 Å². The molecule has 0 bridgehead atoms. The van der Waals surface area contributed by atoms with Crippen LogP contribution in [0.15, 0.2) is 24.3 Å². The maximum absolute atomic E-state index is 12.2. The van der Waals surface area contributed by atoms with Crippen LogP contribution < -0.4 is 4.74 Å². The molecule has 1 aromatic carbocycles. The van der Waals surface area contributed by atoms with Crippen molar-refractivity contribution in [3.05, 3.63) is 29.8 Å². The first-order valence-electron chi connectivity index (χ1n) is 7.68. The van der Waals surface area contributed by atoms with Crippen LogP contribution in [-0.4, -0.2) is 73.3 Å². The largest absolute Gasteiger partial charge is 0.497 e. The number of rotatable bonds is 5. The highest BCUT2D eigenvalue weighted by Gasteiger charge is 2.33. The summed E-state index contributed by atoms with van der Waals surface area (Å²) in [4.78, 5) is 16.0. The molecule has 23 heavy (non-hydrogen) atoms. The molecule has 0 saturated carbocycles. The van der Waals surface area contributed by atoms with Crippen molar-refractivity contribution < 1.29 is 19.2 Å². The predicted molar refractivity (Wildman–Crippen MR) is 90.3 cm³/mol. The molecule has 0 radical (unpaired) electrons. The Balaban J connectivity index is 1.88. The molecule has 1 fully saturated rings. The summed E-state index contributed by atoms with van der Waals surface area (Å²) < 4.78 is 17.1. The second-order valence-corrected chi connectivity index (χ2v) is 9.62. The van der Waals surface area contributed by atoms with Gasteiger partial charge in [0.1, 0.15) is 12.9 Å². The van der Waals surface area contributed by atoms with Crippen molar-refractivity contribution in [1.82, 2.24) is 9.80 Å². The molecule has 1 aromatic rings. The summed E-state index contributed by atoms with van der Waals surface area (Å²) in [6.45, 7) is 6.21. The fourth-order valence-corrected chi connectivity index (χ4v) is 3.28. The second-order valence-electron chi connectivity index (χ2n) is 6.26. The number of carbonyl (C=O) groups excluding carboxylic acids is 1. The van der Waals surface area contributed by atoms with Crippen molar-refractivity contribution in [3.8, 4) is 5.75 Å². The van der Waals surface area contributed by atoms with E-state index in [2.05, 4.69) is 4.90 Å². The molecule has 1 unspecified atom stereocenters. The summed E-state index contributed by atoms with van der Waals surface area (Å²) in [7, 11) is -1.17. The fraction of sp³-hybridized carbons (Fsp3) is 0.562. The number of aliphatic hydroxyl groups is 1. The summed E-state index contributed by atoms with van der Waals surface area (Å²) in [5.74, 6) is -0.965. The SMILES string of the molecule is COc1cccc(CN2CCN(C(=O)C(O)P(C)(C)=O)CC2)c1. The van der Waals surface area contributed by atoms with Gasteiger partial charge in [0.05, 0.1) is 7.11 Å². The topological polar surface area (TPSA) is 70.1 Å². The average molecular weight is 340 g/mol. The summed E-state index contributed by atoms with van der Waals surface area (Å²) in [5.41, 5.74) is 1.16. The smallest absolute Gasteiger partial charge is 0.259 e. The van der Waals surface area contributed by atoms with E-state index in [4.69, 9.17) is 4.74 Å². The van der Waals surface area contributed by atoms with Gasteiger partial charge in [0.2, 0.25) is 0 Å². The zero-order valence-electron chi connectivity index (χ0n) is 13.9. The minimum Gasteiger partial charge on any atom is -0.497 e. The molecular formula is C16H25N2O4P. The van der Waals surface area contributed by atoms with Gasteiger partial charge >= 0.3 is 0 Å². The van der Waals surface area contributed by atoms with E-state index >= 15 is 0 Å². The van der Waals surface area contributed by atoms with Crippen LogP contribution in [0.4, 0.5) is 0 Å². The highest BCUT2D eigenvalue weighted by Crippen LogP contribution is 2.41. The maximum atomic E-state index is 12.2. The van der Waals surface area contributed by atoms with Crippen LogP contribution in [0.1, 0.15) is 5.56 Å². The summed E-state index contributed by atoms with van der Waals surface area (Å²) >= 11 is 0. The van der Waals surface area contributed by atoms with Gasteiger partial charge in [0.15, 0.2) is 5.85 Å². The van der Waals surface area contributed by atoms with E-state index in [-0.39, 0.29) is 0 Å². The zero-order valence-corrected chi connectivity index (χ0v) is 14.8. The number of hydrogen-bond acceptors (Lipinski definition) is 5. The Morgan fingerprint density at radius 1 is 1.30 bits per heavy atom. The third-order valence-corrected chi connectivity index (χ3v) is 5.43. The Hall–Kier alpha value is -1.36. The first-order chi connectivity index (χ1) is 10.8. The standard InChI is InChI=1S/C16H25N2O4P/c1-22-14-6-4-5-13(11-14)12-17-7-9-18(10-8-17)15(19)16(20)23(2,3)21/h4-6,11,16,20H,7-10,12H2,1-3H3. The minimum atomic E-state index is -2.82. The number of nitrogens with zero attached hydrogens (tertiary/aromatic N) is 2. The lowest BCUT2D eigenvalue weighted by Crippen LogP contribution is -2.51. The third kappa shape index (κ3) is 4.80. The lowest BCUT2D eigenvalue weighted by Gasteiger charge is -2.36. The van der Waals surface area contributed by atoms with Crippen LogP contribution in [0.2, 0.25) is 0 Å². The van der Waals surface area contributed by atoms with Gasteiger partial charge in [-0.2, -0.15) is 0 Å². The molecule has 7 heteroatoms. The number of aliphatic hydroxyl groups excluding tert-OH is 1. The Morgan fingerprint density at radius 3 is 2.52 bits per heavy atom. The number of carbonyl (C=O) groups is 1. The monoisotopic (exact) mass is 340 g/mol. The van der Waals surface area contributed by atoms with Crippen LogP contribution in [0.5, 0.6) is 5.75 Å². The summed E-state index contributed by atoms with van der Waals surface area (Å²) in [6.07, 6.45) is 0. The molecule has 0 spiro atoms. The molecule has 1 atom stereocenters. The zero-order chi connectivity index (χ0) is 17.0. The van der Waals surface area contributed by atoms with Crippen molar-refractivity contribution in [2.75, 3.05) is 46.6 Å². The third-order valence-electron chi connectivity index (χ3n) is 4.03. The summed E-state index contributed by atoms with van der Waals surface area (Å²) in [5, 5.41) is 9.88. The fourth-order valence-electron chi connectivity index (χ4n) is 2.58. The van der Waals surface area contributed by atoms with Crippen molar-refractivity contribution >= 4 is 13.0 Å². The number of ether oxygens (including phenoxy) is 1. The number of methoxy groups -OCH3 is 1. The molecule has 1 heterocycles. The van der Waals surface area contributed by atoms with Crippen LogP contribution in [0.25, 0.3) is 0 Å². The van der Waals surface area contributed by atoms with Crippen LogP contribution in [-0.2, 0) is 15.9 Å². The molecule has 2 rings (SSSR count). The molecule has 1 amide bonds. The van der Waals surface area contributed by atoms with E-state index in [9.17, 15) is 14.5 Å². The van der Waals surface area contributed by atoms with Crippen LogP contribution in [0.3, 0.4) is 0 Å². The Labute approximate surface area is 137 Å². The number of benzene rings is 1. The molecule has 0 aromatic heterocycles. The maximum Gasteiger partial charge on any atom is 0.259 e. The molecule has 0 aliphatic carbocycles. The molecule has 1 N–H and O–H groups in total. The quantitative estimate of drug-likeness (QED) is 0.818. The highest BCUT2D eigenvalue weighted by atomic mass is 31.2. The number of hydrogen-bond donors (Lipinski definition) is 1. The van der Waals surface area contributed by atoms with Crippen LogP contribution in [0, 0.1) is 0 Å².